The third-order valence-corrected chi connectivity index (χ3v) is 6.32. The van der Waals surface area contributed by atoms with Crippen LogP contribution in [0.5, 0.6) is 11.5 Å². The van der Waals surface area contributed by atoms with Crippen LogP contribution in [0.1, 0.15) is 27.9 Å². The van der Waals surface area contributed by atoms with Gasteiger partial charge in [0.2, 0.25) is 0 Å². The van der Waals surface area contributed by atoms with Crippen LogP contribution in [-0.2, 0) is 16.9 Å². The van der Waals surface area contributed by atoms with E-state index in [2.05, 4.69) is 0 Å². The van der Waals surface area contributed by atoms with Gasteiger partial charge in [-0.2, -0.15) is 0 Å². The van der Waals surface area contributed by atoms with Gasteiger partial charge in [0.1, 0.15) is 13.2 Å². The molecule has 8 heteroatoms. The predicted octanol–water partition coefficient (Wildman–Crippen LogP) is 4.77. The molecule has 168 valence electrons. The first kappa shape index (κ1) is 21.8. The van der Waals surface area contributed by atoms with Crippen molar-refractivity contribution in [2.24, 2.45) is 0 Å². The van der Waals surface area contributed by atoms with Crippen molar-refractivity contribution in [2.75, 3.05) is 18.1 Å². The first-order valence-electron chi connectivity index (χ1n) is 10.4. The summed E-state index contributed by atoms with van der Waals surface area (Å²) in [5, 5.41) is 12.5. The van der Waals surface area contributed by atoms with Crippen LogP contribution < -0.4 is 14.4 Å². The van der Waals surface area contributed by atoms with Crippen molar-refractivity contribution in [1.29, 1.82) is 0 Å². The molecular formula is C25H19Cl2NO5. The minimum Gasteiger partial charge on any atom is -0.486 e. The fourth-order valence-corrected chi connectivity index (χ4v) is 4.47. The zero-order valence-electron chi connectivity index (χ0n) is 17.4. The Morgan fingerprint density at radius 1 is 0.939 bits per heavy atom. The van der Waals surface area contributed by atoms with Gasteiger partial charge < -0.3 is 19.5 Å². The van der Waals surface area contributed by atoms with Crippen LogP contribution in [0.4, 0.5) is 5.69 Å². The van der Waals surface area contributed by atoms with Crippen LogP contribution in [0.15, 0.2) is 60.7 Å². The van der Waals surface area contributed by atoms with E-state index in [-0.39, 0.29) is 6.54 Å². The Bertz CT molecular complexity index is 1260. The molecule has 6 nitrogen and oxygen atoms in total. The molecule has 0 aromatic heterocycles. The monoisotopic (exact) mass is 483 g/mol. The number of ketones is 1. The number of Topliss-reactive ketones (excluding diaryl/α,β-unsaturated/α-hetero) is 1. The van der Waals surface area contributed by atoms with Crippen LogP contribution in [0.3, 0.4) is 0 Å². The van der Waals surface area contributed by atoms with Crippen LogP contribution >= 0.6 is 23.2 Å². The number of aliphatic hydroxyl groups is 1. The van der Waals surface area contributed by atoms with E-state index in [0.29, 0.717) is 51.6 Å². The number of hydrogen-bond acceptors (Lipinski definition) is 5. The predicted molar refractivity (Wildman–Crippen MR) is 124 cm³/mol. The summed E-state index contributed by atoms with van der Waals surface area (Å²) in [5.41, 5.74) is -0.0789. The average Bonchev–Trinajstić information content (AvgIpc) is 3.01. The van der Waals surface area contributed by atoms with Crippen molar-refractivity contribution in [3.63, 3.8) is 0 Å². The number of ether oxygens (including phenoxy) is 2. The maximum Gasteiger partial charge on any atom is 0.264 e. The molecule has 0 saturated carbocycles. The Labute approximate surface area is 200 Å². The van der Waals surface area contributed by atoms with Gasteiger partial charge in [-0.1, -0.05) is 35.3 Å². The highest BCUT2D eigenvalue weighted by molar-refractivity contribution is 6.31. The van der Waals surface area contributed by atoms with E-state index in [1.54, 1.807) is 42.5 Å². The maximum absolute atomic E-state index is 13.5. The normalized spacial score (nSPS) is 18.9. The van der Waals surface area contributed by atoms with Crippen LogP contribution in [0.2, 0.25) is 10.0 Å². The van der Waals surface area contributed by atoms with Gasteiger partial charge in [-0.3, -0.25) is 9.59 Å². The molecule has 1 atom stereocenters. The lowest BCUT2D eigenvalue weighted by Gasteiger charge is -2.23. The number of hydrogen-bond donors (Lipinski definition) is 1. The first-order valence-corrected chi connectivity index (χ1v) is 11.1. The smallest absolute Gasteiger partial charge is 0.264 e. The molecule has 2 aliphatic heterocycles. The molecule has 3 aromatic rings. The van der Waals surface area contributed by atoms with Crippen LogP contribution in [0, 0.1) is 0 Å². The average molecular weight is 484 g/mol. The number of carbonyl (C=O) groups is 2. The second kappa shape index (κ2) is 8.37. The van der Waals surface area contributed by atoms with Gasteiger partial charge in [0, 0.05) is 21.2 Å². The first-order chi connectivity index (χ1) is 15.8. The van der Waals surface area contributed by atoms with Gasteiger partial charge in [0.25, 0.3) is 5.91 Å². The third-order valence-electron chi connectivity index (χ3n) is 5.83. The standard InChI is InChI=1S/C25H19Cl2NO5/c26-17-4-1-15(2-5-17)14-28-20-7-6-18(27)12-19(20)25(31,24(28)30)13-21(29)16-3-8-22-23(11-16)33-10-9-32-22/h1-8,11-12,31H,9-10,13-14H2/t25-/m0/s1. The lowest BCUT2D eigenvalue weighted by molar-refractivity contribution is -0.136. The second-order valence-corrected chi connectivity index (χ2v) is 8.87. The topological polar surface area (TPSA) is 76.1 Å². The second-order valence-electron chi connectivity index (χ2n) is 8.00. The number of fused-ring (bicyclic) bond motifs is 2. The summed E-state index contributed by atoms with van der Waals surface area (Å²) >= 11 is 12.2. The molecule has 1 amide bonds. The van der Waals surface area contributed by atoms with E-state index < -0.39 is 23.7 Å². The lowest BCUT2D eigenvalue weighted by atomic mass is 9.88. The molecular weight excluding hydrogens is 465 g/mol. The summed E-state index contributed by atoms with van der Waals surface area (Å²) < 4.78 is 11.0. The fraction of sp³-hybridized carbons (Fsp3) is 0.200. The SMILES string of the molecule is O=C(C[C@@]1(O)C(=O)N(Cc2ccc(Cl)cc2)c2ccc(Cl)cc21)c1ccc2c(c1)OCCO2. The van der Waals surface area contributed by atoms with Crippen molar-refractivity contribution < 1.29 is 24.2 Å². The van der Waals surface area contributed by atoms with Gasteiger partial charge in [0.05, 0.1) is 18.7 Å². The summed E-state index contributed by atoms with van der Waals surface area (Å²) in [6.45, 7) is 1.04. The zero-order chi connectivity index (χ0) is 23.2. The minimum absolute atomic E-state index is 0.213. The quantitative estimate of drug-likeness (QED) is 0.528. The van der Waals surface area contributed by atoms with Gasteiger partial charge in [-0.25, -0.2) is 0 Å². The molecule has 2 heterocycles. The highest BCUT2D eigenvalue weighted by Crippen LogP contribution is 2.45. The molecule has 0 saturated heterocycles. The van der Waals surface area contributed by atoms with Gasteiger partial charge in [0.15, 0.2) is 22.9 Å². The lowest BCUT2D eigenvalue weighted by Crippen LogP contribution is -2.41. The Morgan fingerprint density at radius 3 is 2.39 bits per heavy atom. The van der Waals surface area contributed by atoms with Crippen molar-refractivity contribution in [3.8, 4) is 11.5 Å². The molecule has 5 rings (SSSR count). The highest BCUT2D eigenvalue weighted by Gasteiger charge is 2.51. The molecule has 33 heavy (non-hydrogen) atoms. The van der Waals surface area contributed by atoms with E-state index in [1.807, 2.05) is 12.1 Å². The number of anilines is 1. The maximum atomic E-state index is 13.5. The molecule has 0 radical (unpaired) electrons. The molecule has 2 aliphatic rings. The van der Waals surface area contributed by atoms with Crippen molar-refractivity contribution >= 4 is 40.6 Å². The molecule has 0 aliphatic carbocycles. The largest absolute Gasteiger partial charge is 0.486 e. The molecule has 1 N–H and O–H groups in total. The summed E-state index contributed by atoms with van der Waals surface area (Å²) in [7, 11) is 0. The van der Waals surface area contributed by atoms with E-state index >= 15 is 0 Å². The number of carbonyl (C=O) groups excluding carboxylic acids is 2. The summed E-state index contributed by atoms with van der Waals surface area (Å²) in [5.74, 6) is 0.0343. The van der Waals surface area contributed by atoms with Gasteiger partial charge in [-0.15, -0.1) is 0 Å². The van der Waals surface area contributed by atoms with Crippen molar-refractivity contribution in [1.82, 2.24) is 0 Å². The number of nitrogens with zero attached hydrogens (tertiary/aromatic N) is 1. The Hall–Kier alpha value is -3.06. The zero-order valence-corrected chi connectivity index (χ0v) is 18.9. The molecule has 3 aromatic carbocycles. The number of halogens is 2. The van der Waals surface area contributed by atoms with E-state index in [4.69, 9.17) is 32.7 Å². The van der Waals surface area contributed by atoms with E-state index in [9.17, 15) is 14.7 Å². The van der Waals surface area contributed by atoms with Gasteiger partial charge in [-0.05, 0) is 54.1 Å². The van der Waals surface area contributed by atoms with Crippen molar-refractivity contribution in [2.45, 2.75) is 18.6 Å². The molecule has 0 spiro atoms. The summed E-state index contributed by atoms with van der Waals surface area (Å²) in [6.07, 6.45) is -0.435. The Balaban J connectivity index is 1.47. The Kier molecular flexibility index (Phi) is 5.52. The number of rotatable bonds is 5. The van der Waals surface area contributed by atoms with E-state index in [1.165, 1.54) is 11.0 Å². The van der Waals surface area contributed by atoms with E-state index in [0.717, 1.165) is 5.56 Å². The van der Waals surface area contributed by atoms with Crippen LogP contribution in [0.25, 0.3) is 0 Å². The summed E-state index contributed by atoms with van der Waals surface area (Å²) in [6, 6.07) is 16.8. The molecule has 0 unspecified atom stereocenters. The highest BCUT2D eigenvalue weighted by atomic mass is 35.5. The third kappa shape index (κ3) is 3.95. The van der Waals surface area contributed by atoms with Crippen LogP contribution in [-0.4, -0.2) is 30.0 Å². The Morgan fingerprint density at radius 2 is 1.64 bits per heavy atom. The van der Waals surface area contributed by atoms with Gasteiger partial charge >= 0.3 is 0 Å². The molecule has 0 bridgehead atoms. The van der Waals surface area contributed by atoms with Crippen molar-refractivity contribution in [3.05, 3.63) is 87.4 Å². The fourth-order valence-electron chi connectivity index (χ4n) is 4.17. The minimum atomic E-state index is -2.04. The summed E-state index contributed by atoms with van der Waals surface area (Å²) in [4.78, 5) is 28.1. The molecule has 0 fully saturated rings. The number of amides is 1. The number of benzene rings is 3.